The first-order valence-electron chi connectivity index (χ1n) is 6.88. The number of ether oxygens (including phenoxy) is 3. The molecule has 0 radical (unpaired) electrons. The Hall–Kier alpha value is -2.11. The Labute approximate surface area is 125 Å². The van der Waals surface area contributed by atoms with Gasteiger partial charge in [0.05, 0.1) is 21.3 Å². The Balaban J connectivity index is 2.53. The van der Waals surface area contributed by atoms with Gasteiger partial charge in [0.15, 0.2) is 11.5 Å². The molecule has 1 aromatic rings. The zero-order chi connectivity index (χ0) is 15.7. The van der Waals surface area contributed by atoms with Gasteiger partial charge in [0.1, 0.15) is 0 Å². The highest BCUT2D eigenvalue weighted by Crippen LogP contribution is 2.39. The highest BCUT2D eigenvalue weighted by atomic mass is 16.5. The Bertz CT molecular complexity index is 436. The van der Waals surface area contributed by atoms with E-state index >= 15 is 0 Å². The Morgan fingerprint density at radius 3 is 2.14 bits per heavy atom. The fourth-order valence-corrected chi connectivity index (χ4v) is 1.99. The lowest BCUT2D eigenvalue weighted by atomic mass is 10.2. The Morgan fingerprint density at radius 1 is 1.05 bits per heavy atom. The molecule has 0 aliphatic rings. The molecule has 0 amide bonds. The largest absolute Gasteiger partial charge is 0.493 e. The van der Waals surface area contributed by atoms with Crippen LogP contribution in [0.15, 0.2) is 12.1 Å². The van der Waals surface area contributed by atoms with Crippen LogP contribution in [0.1, 0.15) is 25.7 Å². The van der Waals surface area contributed by atoms with Crippen molar-refractivity contribution in [1.29, 1.82) is 0 Å². The monoisotopic (exact) mass is 297 g/mol. The number of carbonyl (C=O) groups is 1. The van der Waals surface area contributed by atoms with Crippen LogP contribution in [0.4, 0.5) is 5.69 Å². The summed E-state index contributed by atoms with van der Waals surface area (Å²) >= 11 is 0. The molecule has 0 atom stereocenters. The molecule has 2 N–H and O–H groups in total. The number of carboxylic acids is 1. The summed E-state index contributed by atoms with van der Waals surface area (Å²) in [7, 11) is 4.72. The van der Waals surface area contributed by atoms with Crippen LogP contribution in [0.3, 0.4) is 0 Å². The summed E-state index contributed by atoms with van der Waals surface area (Å²) < 4.78 is 15.8. The normalized spacial score (nSPS) is 10.0. The quantitative estimate of drug-likeness (QED) is 0.647. The van der Waals surface area contributed by atoms with Gasteiger partial charge in [-0.05, 0) is 12.8 Å². The van der Waals surface area contributed by atoms with Gasteiger partial charge < -0.3 is 24.6 Å². The first kappa shape index (κ1) is 16.9. The maximum Gasteiger partial charge on any atom is 0.303 e. The number of anilines is 1. The van der Waals surface area contributed by atoms with Crippen LogP contribution >= 0.6 is 0 Å². The molecule has 0 aliphatic heterocycles. The number of hydrogen-bond donors (Lipinski definition) is 2. The minimum Gasteiger partial charge on any atom is -0.493 e. The van der Waals surface area contributed by atoms with Crippen LogP contribution in [-0.2, 0) is 4.79 Å². The number of methoxy groups -OCH3 is 3. The van der Waals surface area contributed by atoms with Crippen molar-refractivity contribution in [3.05, 3.63) is 12.1 Å². The average Bonchev–Trinajstić information content (AvgIpc) is 2.49. The maximum absolute atomic E-state index is 10.4. The van der Waals surface area contributed by atoms with Gasteiger partial charge in [-0.1, -0.05) is 6.42 Å². The third kappa shape index (κ3) is 5.41. The van der Waals surface area contributed by atoms with E-state index in [0.29, 0.717) is 23.7 Å². The number of benzene rings is 1. The summed E-state index contributed by atoms with van der Waals surface area (Å²) in [4.78, 5) is 10.4. The zero-order valence-electron chi connectivity index (χ0n) is 12.8. The van der Waals surface area contributed by atoms with Crippen LogP contribution in [0.25, 0.3) is 0 Å². The van der Waals surface area contributed by atoms with Crippen LogP contribution in [0.5, 0.6) is 17.2 Å². The fraction of sp³-hybridized carbons (Fsp3) is 0.533. The highest BCUT2D eigenvalue weighted by molar-refractivity contribution is 5.66. The summed E-state index contributed by atoms with van der Waals surface area (Å²) in [6.07, 6.45) is 2.71. The third-order valence-electron chi connectivity index (χ3n) is 3.06. The van der Waals surface area contributed by atoms with Crippen LogP contribution < -0.4 is 19.5 Å². The molecule has 0 aromatic heterocycles. The van der Waals surface area contributed by atoms with Crippen LogP contribution in [0.2, 0.25) is 0 Å². The molecule has 1 aromatic carbocycles. The van der Waals surface area contributed by atoms with E-state index in [-0.39, 0.29) is 6.42 Å². The summed E-state index contributed by atoms with van der Waals surface area (Å²) in [5, 5.41) is 11.8. The van der Waals surface area contributed by atoms with E-state index in [4.69, 9.17) is 19.3 Å². The molecule has 0 fully saturated rings. The summed E-state index contributed by atoms with van der Waals surface area (Å²) in [5.41, 5.74) is 0.878. The summed E-state index contributed by atoms with van der Waals surface area (Å²) in [5.74, 6) is 1.02. The summed E-state index contributed by atoms with van der Waals surface area (Å²) in [6.45, 7) is 0.762. The predicted octanol–water partition coefficient (Wildman–Crippen LogP) is 2.77. The topological polar surface area (TPSA) is 77.0 Å². The SMILES string of the molecule is COc1cc(NCCCCCC(=O)O)cc(OC)c1OC. The lowest BCUT2D eigenvalue weighted by molar-refractivity contribution is -0.137. The molecular formula is C15H23NO5. The van der Waals surface area contributed by atoms with Gasteiger partial charge in [0.25, 0.3) is 0 Å². The molecule has 0 heterocycles. The molecule has 0 unspecified atom stereocenters. The molecule has 0 spiro atoms. The second kappa shape index (κ2) is 8.94. The van der Waals surface area contributed by atoms with E-state index < -0.39 is 5.97 Å². The molecule has 21 heavy (non-hydrogen) atoms. The number of unbranched alkanes of at least 4 members (excludes halogenated alkanes) is 2. The molecule has 6 nitrogen and oxygen atoms in total. The van der Waals surface area contributed by atoms with Crippen LogP contribution in [-0.4, -0.2) is 38.9 Å². The molecule has 0 aliphatic carbocycles. The molecular weight excluding hydrogens is 274 g/mol. The average molecular weight is 297 g/mol. The zero-order valence-corrected chi connectivity index (χ0v) is 12.8. The van der Waals surface area contributed by atoms with Crippen molar-refractivity contribution >= 4 is 11.7 Å². The molecule has 0 saturated carbocycles. The van der Waals surface area contributed by atoms with Gasteiger partial charge in [-0.3, -0.25) is 4.79 Å². The lowest BCUT2D eigenvalue weighted by Gasteiger charge is -2.15. The van der Waals surface area contributed by atoms with Gasteiger partial charge in [-0.15, -0.1) is 0 Å². The molecule has 118 valence electrons. The van der Waals surface area contributed by atoms with Crippen molar-refractivity contribution < 1.29 is 24.1 Å². The Kier molecular flexibility index (Phi) is 7.21. The lowest BCUT2D eigenvalue weighted by Crippen LogP contribution is -2.04. The first-order valence-corrected chi connectivity index (χ1v) is 6.88. The molecule has 0 saturated heterocycles. The maximum atomic E-state index is 10.4. The van der Waals surface area contributed by atoms with Gasteiger partial charge in [-0.2, -0.15) is 0 Å². The van der Waals surface area contributed by atoms with Crippen molar-refractivity contribution in [2.24, 2.45) is 0 Å². The van der Waals surface area contributed by atoms with E-state index in [1.54, 1.807) is 21.3 Å². The van der Waals surface area contributed by atoms with E-state index in [1.165, 1.54) is 0 Å². The van der Waals surface area contributed by atoms with Gasteiger partial charge >= 0.3 is 5.97 Å². The van der Waals surface area contributed by atoms with E-state index in [2.05, 4.69) is 5.32 Å². The van der Waals surface area contributed by atoms with Crippen molar-refractivity contribution in [2.45, 2.75) is 25.7 Å². The number of carboxylic acid groups (broad SMARTS) is 1. The first-order chi connectivity index (χ1) is 10.1. The number of nitrogens with one attached hydrogen (secondary N) is 1. The van der Waals surface area contributed by atoms with E-state index in [9.17, 15) is 4.79 Å². The number of aliphatic carboxylic acids is 1. The van der Waals surface area contributed by atoms with Crippen molar-refractivity contribution in [3.8, 4) is 17.2 Å². The second-order valence-electron chi connectivity index (χ2n) is 4.55. The number of rotatable bonds is 10. The van der Waals surface area contributed by atoms with Gasteiger partial charge in [0, 0.05) is 30.8 Å². The summed E-state index contributed by atoms with van der Waals surface area (Å²) in [6, 6.07) is 3.69. The number of hydrogen-bond acceptors (Lipinski definition) is 5. The fourth-order valence-electron chi connectivity index (χ4n) is 1.99. The molecule has 0 bridgehead atoms. The Morgan fingerprint density at radius 2 is 1.67 bits per heavy atom. The second-order valence-corrected chi connectivity index (χ2v) is 4.55. The minimum absolute atomic E-state index is 0.226. The third-order valence-corrected chi connectivity index (χ3v) is 3.06. The van der Waals surface area contributed by atoms with Crippen molar-refractivity contribution in [2.75, 3.05) is 33.2 Å². The molecule has 6 heteroatoms. The predicted molar refractivity (Wildman–Crippen MR) is 80.7 cm³/mol. The van der Waals surface area contributed by atoms with Crippen molar-refractivity contribution in [1.82, 2.24) is 0 Å². The van der Waals surface area contributed by atoms with E-state index in [0.717, 1.165) is 25.1 Å². The van der Waals surface area contributed by atoms with Crippen molar-refractivity contribution in [3.63, 3.8) is 0 Å². The van der Waals surface area contributed by atoms with Crippen LogP contribution in [0, 0.1) is 0 Å². The van der Waals surface area contributed by atoms with Gasteiger partial charge in [0.2, 0.25) is 5.75 Å². The minimum atomic E-state index is -0.743. The smallest absolute Gasteiger partial charge is 0.303 e. The van der Waals surface area contributed by atoms with E-state index in [1.807, 2.05) is 12.1 Å². The van der Waals surface area contributed by atoms with Gasteiger partial charge in [-0.25, -0.2) is 0 Å². The standard InChI is InChI=1S/C15H23NO5/c1-19-12-9-11(10-13(20-2)15(12)21-3)16-8-6-4-5-7-14(17)18/h9-10,16H,4-8H2,1-3H3,(H,17,18). The highest BCUT2D eigenvalue weighted by Gasteiger charge is 2.12. The molecule has 1 rings (SSSR count).